The molecule has 5 nitrogen and oxygen atoms in total. The highest BCUT2D eigenvalue weighted by atomic mass is 35.5. The van der Waals surface area contributed by atoms with Crippen LogP contribution in [-0.2, 0) is 10.0 Å². The zero-order chi connectivity index (χ0) is 16.5. The van der Waals surface area contributed by atoms with Gasteiger partial charge in [-0.1, -0.05) is 41.4 Å². The van der Waals surface area contributed by atoms with Crippen LogP contribution in [0.25, 0.3) is 0 Å². The Morgan fingerprint density at radius 1 is 1.09 bits per heavy atom. The highest BCUT2D eigenvalue weighted by Crippen LogP contribution is 2.32. The van der Waals surface area contributed by atoms with Gasteiger partial charge in [0.1, 0.15) is 4.90 Å². The van der Waals surface area contributed by atoms with Gasteiger partial charge in [-0.3, -0.25) is 9.52 Å². The molecule has 0 spiro atoms. The molecule has 0 saturated heterocycles. The molecule has 2 aromatic rings. The zero-order valence-electron chi connectivity index (χ0n) is 11.4. The van der Waals surface area contributed by atoms with E-state index in [1.165, 1.54) is 24.3 Å². The lowest BCUT2D eigenvalue weighted by Crippen LogP contribution is -2.20. The molecular weight excluding hydrogens is 347 g/mol. The van der Waals surface area contributed by atoms with Gasteiger partial charge in [-0.15, -0.1) is 0 Å². The second kappa shape index (κ2) is 6.16. The standard InChI is InChI=1S/C14H12Cl2N2O3S/c1-8-4-2-5-9(14(17)19)12(8)18-22(20,21)13-10(15)6-3-7-11(13)16/h2-7,18H,1H3,(H2,17,19). The molecular formula is C14H12Cl2N2O3S. The van der Waals surface area contributed by atoms with Crippen molar-refractivity contribution in [3.63, 3.8) is 0 Å². The van der Waals surface area contributed by atoms with E-state index in [2.05, 4.69) is 4.72 Å². The Bertz CT molecular complexity index is 831. The first-order valence-electron chi connectivity index (χ1n) is 6.10. The van der Waals surface area contributed by atoms with Crippen molar-refractivity contribution in [1.82, 2.24) is 0 Å². The summed E-state index contributed by atoms with van der Waals surface area (Å²) in [4.78, 5) is 11.2. The first kappa shape index (κ1) is 16.6. The van der Waals surface area contributed by atoms with Crippen molar-refractivity contribution in [1.29, 1.82) is 0 Å². The minimum absolute atomic E-state index is 0.0193. The summed E-state index contributed by atoms with van der Waals surface area (Å²) in [6.45, 7) is 1.65. The maximum atomic E-state index is 12.5. The monoisotopic (exact) mass is 358 g/mol. The van der Waals surface area contributed by atoms with Crippen LogP contribution >= 0.6 is 23.2 Å². The Morgan fingerprint density at radius 2 is 1.64 bits per heavy atom. The van der Waals surface area contributed by atoms with Crippen LogP contribution in [0.3, 0.4) is 0 Å². The van der Waals surface area contributed by atoms with E-state index in [1.807, 2.05) is 0 Å². The van der Waals surface area contributed by atoms with Gasteiger partial charge in [0.05, 0.1) is 21.3 Å². The van der Waals surface area contributed by atoms with Gasteiger partial charge in [-0.05, 0) is 30.7 Å². The Hall–Kier alpha value is -1.76. The van der Waals surface area contributed by atoms with E-state index in [9.17, 15) is 13.2 Å². The highest BCUT2D eigenvalue weighted by Gasteiger charge is 2.24. The van der Waals surface area contributed by atoms with E-state index in [1.54, 1.807) is 19.1 Å². The lowest BCUT2D eigenvalue weighted by molar-refractivity contribution is 0.100. The molecule has 0 bridgehead atoms. The smallest absolute Gasteiger partial charge is 0.264 e. The topological polar surface area (TPSA) is 89.3 Å². The average Bonchev–Trinajstić information content (AvgIpc) is 2.40. The number of hydrogen-bond acceptors (Lipinski definition) is 3. The van der Waals surface area contributed by atoms with Crippen LogP contribution in [0.1, 0.15) is 15.9 Å². The number of aryl methyl sites for hydroxylation is 1. The van der Waals surface area contributed by atoms with Gasteiger partial charge in [0.15, 0.2) is 0 Å². The minimum atomic E-state index is -4.07. The van der Waals surface area contributed by atoms with Gasteiger partial charge < -0.3 is 5.73 Å². The van der Waals surface area contributed by atoms with Crippen LogP contribution in [-0.4, -0.2) is 14.3 Å². The number of anilines is 1. The fourth-order valence-corrected chi connectivity index (χ4v) is 4.23. The van der Waals surface area contributed by atoms with E-state index in [4.69, 9.17) is 28.9 Å². The average molecular weight is 359 g/mol. The number of primary amides is 1. The predicted octanol–water partition coefficient (Wildman–Crippen LogP) is 3.20. The van der Waals surface area contributed by atoms with E-state index in [-0.39, 0.29) is 26.2 Å². The van der Waals surface area contributed by atoms with Crippen molar-refractivity contribution in [3.05, 3.63) is 57.6 Å². The summed E-state index contributed by atoms with van der Waals surface area (Å²) >= 11 is 11.9. The van der Waals surface area contributed by atoms with Gasteiger partial charge in [0, 0.05) is 0 Å². The maximum absolute atomic E-state index is 12.5. The molecule has 0 atom stereocenters. The molecule has 0 aromatic heterocycles. The predicted molar refractivity (Wildman–Crippen MR) is 87.0 cm³/mol. The molecule has 0 aliphatic heterocycles. The van der Waals surface area contributed by atoms with Gasteiger partial charge in [-0.2, -0.15) is 0 Å². The van der Waals surface area contributed by atoms with Gasteiger partial charge in [0.2, 0.25) is 0 Å². The highest BCUT2D eigenvalue weighted by molar-refractivity contribution is 7.93. The molecule has 3 N–H and O–H groups in total. The van der Waals surface area contributed by atoms with E-state index >= 15 is 0 Å². The van der Waals surface area contributed by atoms with Crippen LogP contribution in [0.15, 0.2) is 41.3 Å². The molecule has 0 aliphatic rings. The van der Waals surface area contributed by atoms with E-state index in [0.29, 0.717) is 5.56 Å². The van der Waals surface area contributed by atoms with Gasteiger partial charge >= 0.3 is 0 Å². The third-order valence-corrected chi connectivity index (χ3v) is 5.27. The molecule has 0 radical (unpaired) electrons. The molecule has 22 heavy (non-hydrogen) atoms. The first-order valence-corrected chi connectivity index (χ1v) is 8.34. The molecule has 116 valence electrons. The summed E-state index contributed by atoms with van der Waals surface area (Å²) in [5.41, 5.74) is 5.98. The third kappa shape index (κ3) is 3.19. The van der Waals surface area contributed by atoms with Crippen molar-refractivity contribution < 1.29 is 13.2 Å². The van der Waals surface area contributed by atoms with E-state index in [0.717, 1.165) is 0 Å². The van der Waals surface area contributed by atoms with Gasteiger partial charge in [-0.25, -0.2) is 8.42 Å². The SMILES string of the molecule is Cc1cccc(C(N)=O)c1NS(=O)(=O)c1c(Cl)cccc1Cl. The number of amides is 1. The van der Waals surface area contributed by atoms with Crippen molar-refractivity contribution in [2.24, 2.45) is 5.73 Å². The number of nitrogens with one attached hydrogen (secondary N) is 1. The second-order valence-electron chi connectivity index (χ2n) is 4.52. The van der Waals surface area contributed by atoms with Crippen molar-refractivity contribution >= 4 is 44.8 Å². The van der Waals surface area contributed by atoms with Crippen LogP contribution in [0.4, 0.5) is 5.69 Å². The number of rotatable bonds is 4. The molecule has 1 amide bonds. The van der Waals surface area contributed by atoms with Crippen LogP contribution in [0.2, 0.25) is 10.0 Å². The first-order chi connectivity index (χ1) is 10.2. The zero-order valence-corrected chi connectivity index (χ0v) is 13.8. The number of carbonyl (C=O) groups excluding carboxylic acids is 1. The molecule has 8 heteroatoms. The Labute approximate surface area is 138 Å². The third-order valence-electron chi connectivity index (χ3n) is 2.96. The summed E-state index contributed by atoms with van der Waals surface area (Å²) in [5, 5.41) is -0.0385. The summed E-state index contributed by atoms with van der Waals surface area (Å²) < 4.78 is 27.4. The van der Waals surface area contributed by atoms with Crippen LogP contribution in [0, 0.1) is 6.92 Å². The van der Waals surface area contributed by atoms with Gasteiger partial charge in [0.25, 0.3) is 15.9 Å². The fourth-order valence-electron chi connectivity index (χ4n) is 1.93. The van der Waals surface area contributed by atoms with Crippen molar-refractivity contribution in [2.45, 2.75) is 11.8 Å². The number of nitrogens with two attached hydrogens (primary N) is 1. The quantitative estimate of drug-likeness (QED) is 0.879. The summed E-state index contributed by atoms with van der Waals surface area (Å²) in [7, 11) is -4.07. The number of halogens is 2. The number of benzene rings is 2. The Balaban J connectivity index is 2.58. The largest absolute Gasteiger partial charge is 0.366 e. The summed E-state index contributed by atoms with van der Waals surface area (Å²) in [5.74, 6) is -0.744. The van der Waals surface area contributed by atoms with Crippen molar-refractivity contribution in [2.75, 3.05) is 4.72 Å². The van der Waals surface area contributed by atoms with Crippen molar-refractivity contribution in [3.8, 4) is 0 Å². The fraction of sp³-hybridized carbons (Fsp3) is 0.0714. The molecule has 0 aliphatic carbocycles. The molecule has 0 unspecified atom stereocenters. The molecule has 2 rings (SSSR count). The maximum Gasteiger partial charge on any atom is 0.264 e. The number of sulfonamides is 1. The molecule has 0 heterocycles. The summed E-state index contributed by atoms with van der Waals surface area (Å²) in [6.07, 6.45) is 0. The van der Waals surface area contributed by atoms with Crippen LogP contribution in [0.5, 0.6) is 0 Å². The van der Waals surface area contributed by atoms with E-state index < -0.39 is 15.9 Å². The number of carbonyl (C=O) groups is 1. The molecule has 2 aromatic carbocycles. The second-order valence-corrected chi connectivity index (χ2v) is 6.95. The minimum Gasteiger partial charge on any atom is -0.366 e. The molecule has 0 saturated carbocycles. The summed E-state index contributed by atoms with van der Waals surface area (Å²) in [6, 6.07) is 9.05. The lowest BCUT2D eigenvalue weighted by Gasteiger charge is -2.15. The Kier molecular flexibility index (Phi) is 4.65. The number of hydrogen-bond donors (Lipinski definition) is 2. The number of para-hydroxylation sites is 1. The van der Waals surface area contributed by atoms with Crippen LogP contribution < -0.4 is 10.5 Å². The normalized spacial score (nSPS) is 11.2. The molecule has 0 fully saturated rings. The Morgan fingerprint density at radius 3 is 2.18 bits per heavy atom. The lowest BCUT2D eigenvalue weighted by atomic mass is 10.1.